The van der Waals surface area contributed by atoms with Crippen molar-refractivity contribution in [2.45, 2.75) is 6.92 Å². The molecule has 0 N–H and O–H groups in total. The molecule has 0 aliphatic carbocycles. The van der Waals surface area contributed by atoms with Crippen LogP contribution >= 0.6 is 24.8 Å². The van der Waals surface area contributed by atoms with E-state index in [0.29, 0.717) is 19.8 Å². The summed E-state index contributed by atoms with van der Waals surface area (Å²) in [7, 11) is 0. The van der Waals surface area contributed by atoms with E-state index in [4.69, 9.17) is 9.47 Å². The molecule has 0 aliphatic heterocycles. The number of thiol groups is 1. The van der Waals surface area contributed by atoms with E-state index in [1.807, 2.05) is 6.92 Å². The third-order valence-electron chi connectivity index (χ3n) is 0.657. The van der Waals surface area contributed by atoms with E-state index in [1.54, 1.807) is 0 Å². The van der Waals surface area contributed by atoms with Crippen molar-refractivity contribution in [1.29, 1.82) is 0 Å². The summed E-state index contributed by atoms with van der Waals surface area (Å²) in [5.74, 6) is 0. The fourth-order valence-corrected chi connectivity index (χ4v) is 0.507. The van der Waals surface area contributed by atoms with E-state index < -0.39 is 0 Å². The van der Waals surface area contributed by atoms with Crippen LogP contribution in [0.3, 0.4) is 0 Å². The van der Waals surface area contributed by atoms with Crippen molar-refractivity contribution in [3.8, 4) is 0 Å². The Hall–Kier alpha value is 1.20. The predicted molar refractivity (Wildman–Crippen MR) is 51.2 cm³/mol. The van der Waals surface area contributed by atoms with Crippen molar-refractivity contribution in [1.82, 2.24) is 0 Å². The van der Waals surface area contributed by atoms with Gasteiger partial charge in [0.05, 0.1) is 6.61 Å². The molecule has 0 spiro atoms. The van der Waals surface area contributed by atoms with Gasteiger partial charge in [0.15, 0.2) is 0 Å². The van der Waals surface area contributed by atoms with Gasteiger partial charge in [0.25, 0.3) is 0 Å². The Morgan fingerprint density at radius 1 is 1.50 bits per heavy atom. The predicted octanol–water partition coefficient (Wildman–Crippen LogP) is 0.606. The number of ether oxygens (including phenoxy) is 2. The maximum atomic E-state index is 4.97. The number of rotatable bonds is 4. The summed E-state index contributed by atoms with van der Waals surface area (Å²) in [4.78, 5) is 0. The second kappa shape index (κ2) is 10.2. The van der Waals surface area contributed by atoms with Crippen LogP contribution in [0.1, 0.15) is 6.92 Å². The fraction of sp³-hybridized carbons (Fsp3) is 0.800. The molecule has 0 heterocycles. The van der Waals surface area contributed by atoms with Gasteiger partial charge in [-0.15, -0.1) is 0 Å². The van der Waals surface area contributed by atoms with Crippen LogP contribution < -0.4 is 0 Å². The Labute approximate surface area is 94.4 Å². The summed E-state index contributed by atoms with van der Waals surface area (Å²) in [6.07, 6.45) is 0. The molecule has 0 bridgehead atoms. The van der Waals surface area contributed by atoms with Gasteiger partial charge < -0.3 is 9.47 Å². The van der Waals surface area contributed by atoms with Crippen LogP contribution in [0.4, 0.5) is 0 Å². The Morgan fingerprint density at radius 3 is 2.50 bits per heavy atom. The molecule has 0 aromatic carbocycles. The molecule has 10 heavy (non-hydrogen) atoms. The van der Waals surface area contributed by atoms with Gasteiger partial charge in [-0.1, -0.05) is 12.6 Å². The first-order chi connectivity index (χ1) is 4.27. The average molecular weight is 190 g/mol. The summed E-state index contributed by atoms with van der Waals surface area (Å²) < 4.78 is 10.1. The fourth-order valence-electron chi connectivity index (χ4n) is 0.332. The van der Waals surface area contributed by atoms with Crippen LogP contribution in [-0.2, 0) is 9.47 Å². The van der Waals surface area contributed by atoms with Crippen molar-refractivity contribution < 1.29 is 9.47 Å². The van der Waals surface area contributed by atoms with Crippen LogP contribution in [0.25, 0.3) is 0 Å². The molecule has 56 valence electrons. The average Bonchev–Trinajstić information content (AvgIpc) is 1.80. The van der Waals surface area contributed by atoms with Gasteiger partial charge in [0.2, 0.25) is 4.38 Å². The van der Waals surface area contributed by atoms with E-state index in [-0.39, 0.29) is 33.9 Å². The molecule has 5 heteroatoms. The minimum absolute atomic E-state index is 0. The molecule has 2 nitrogen and oxygen atoms in total. The molecule has 0 rings (SSSR count). The van der Waals surface area contributed by atoms with Crippen LogP contribution in [0.2, 0.25) is 0 Å². The van der Waals surface area contributed by atoms with Crippen LogP contribution in [-0.4, -0.2) is 53.8 Å². The topological polar surface area (TPSA) is 18.5 Å². The van der Waals surface area contributed by atoms with Gasteiger partial charge in [-0.2, -0.15) is 0 Å². The summed E-state index contributed by atoms with van der Waals surface area (Å²) in [5.41, 5.74) is 0. The molecule has 0 aliphatic rings. The summed E-state index contributed by atoms with van der Waals surface area (Å²) >= 11 is 8.29. The Balaban J connectivity index is 0. The van der Waals surface area contributed by atoms with E-state index in [0.717, 1.165) is 0 Å². The SMILES string of the molecule is CCOCCOC(=S)S.[NaH]. The van der Waals surface area contributed by atoms with E-state index in [9.17, 15) is 0 Å². The van der Waals surface area contributed by atoms with E-state index >= 15 is 0 Å². The molecule has 0 unspecified atom stereocenters. The molecular weight excluding hydrogens is 179 g/mol. The van der Waals surface area contributed by atoms with Crippen LogP contribution in [0.5, 0.6) is 0 Å². The normalized spacial score (nSPS) is 8.20. The van der Waals surface area contributed by atoms with E-state index in [2.05, 4.69) is 24.8 Å². The molecule has 0 saturated carbocycles. The zero-order valence-corrected chi connectivity index (χ0v) is 7.00. The maximum absolute atomic E-state index is 4.97. The van der Waals surface area contributed by atoms with Crippen LogP contribution in [0, 0.1) is 0 Å². The quantitative estimate of drug-likeness (QED) is 0.303. The zero-order chi connectivity index (χ0) is 7.11. The standard InChI is InChI=1S/C5H10O2S2.Na.H/c1-2-6-3-4-7-5(8)9;;/h2-4H2,1H3,(H,8,9);;. The molecule has 0 atom stereocenters. The number of thiocarbonyl (C=S) groups is 1. The zero-order valence-electron chi connectivity index (χ0n) is 5.29. The van der Waals surface area contributed by atoms with Crippen molar-refractivity contribution in [3.05, 3.63) is 0 Å². The molecule has 0 radical (unpaired) electrons. The molecule has 0 amide bonds. The third kappa shape index (κ3) is 11.9. The molecule has 0 aromatic rings. The molecular formula is C5H11NaO2S2. The second-order valence-corrected chi connectivity index (χ2v) is 2.39. The van der Waals surface area contributed by atoms with E-state index in [1.165, 1.54) is 0 Å². The first-order valence-corrected chi connectivity index (χ1v) is 3.56. The Bertz CT molecular complexity index is 89.7. The summed E-state index contributed by atoms with van der Waals surface area (Å²) in [6, 6.07) is 0. The summed E-state index contributed by atoms with van der Waals surface area (Å²) in [6.45, 7) is 3.72. The van der Waals surface area contributed by atoms with Gasteiger partial charge in [0.1, 0.15) is 6.61 Å². The van der Waals surface area contributed by atoms with Gasteiger partial charge in [-0.05, 0) is 19.1 Å². The number of hydrogen-bond acceptors (Lipinski definition) is 3. The number of hydrogen-bond donors (Lipinski definition) is 1. The molecule has 0 saturated heterocycles. The minimum atomic E-state index is 0. The monoisotopic (exact) mass is 190 g/mol. The van der Waals surface area contributed by atoms with Crippen molar-refractivity contribution >= 4 is 58.8 Å². The first kappa shape index (κ1) is 13.8. The Kier molecular flexibility index (Phi) is 14.0. The third-order valence-corrected chi connectivity index (χ3v) is 0.904. The van der Waals surface area contributed by atoms with Crippen LogP contribution in [0.15, 0.2) is 0 Å². The Morgan fingerprint density at radius 2 is 2.10 bits per heavy atom. The van der Waals surface area contributed by atoms with Gasteiger partial charge >= 0.3 is 29.6 Å². The first-order valence-electron chi connectivity index (χ1n) is 2.70. The second-order valence-electron chi connectivity index (χ2n) is 1.31. The van der Waals surface area contributed by atoms with Gasteiger partial charge in [-0.25, -0.2) is 0 Å². The van der Waals surface area contributed by atoms with Crippen molar-refractivity contribution in [3.63, 3.8) is 0 Å². The van der Waals surface area contributed by atoms with Gasteiger partial charge in [-0.3, -0.25) is 0 Å². The summed E-state index contributed by atoms with van der Waals surface area (Å²) in [5, 5.41) is 0. The van der Waals surface area contributed by atoms with Crippen molar-refractivity contribution in [2.75, 3.05) is 19.8 Å². The molecule has 0 aromatic heterocycles. The van der Waals surface area contributed by atoms with Gasteiger partial charge in [0, 0.05) is 6.61 Å². The molecule has 0 fully saturated rings. The van der Waals surface area contributed by atoms with Crippen molar-refractivity contribution in [2.24, 2.45) is 0 Å².